The molecule has 0 spiro atoms. The normalized spacial score (nSPS) is 15.9. The molecule has 2 aromatic carbocycles. The molecule has 0 fully saturated rings. The number of hydrogen-bond acceptors (Lipinski definition) is 0. The molecule has 0 saturated heterocycles. The zero-order chi connectivity index (χ0) is 15.1. The van der Waals surface area contributed by atoms with Gasteiger partial charge in [0.1, 0.15) is 0 Å². The van der Waals surface area contributed by atoms with E-state index in [-0.39, 0.29) is 0 Å². The standard InChI is InChI=1S/C13H9.C5H5.C2H7Si.Zr/c1-3-7-12-10(5-1)9-11-6-2-4-8-13(11)12;1-2-4-5-3-1;1-3-2;/h1-9H;1-3H,4H2;3H,1-2H3;. The molecule has 2 heteroatoms. The Morgan fingerprint density at radius 2 is 1.50 bits per heavy atom. The Morgan fingerprint density at radius 3 is 2.00 bits per heavy atom. The number of fused-ring (bicyclic) bond motifs is 3. The van der Waals surface area contributed by atoms with E-state index in [0.717, 1.165) is 3.63 Å². The predicted molar refractivity (Wildman–Crippen MR) is 94.4 cm³/mol. The maximum atomic E-state index is 2.59. The van der Waals surface area contributed by atoms with E-state index in [1.165, 1.54) is 17.5 Å². The molecule has 0 atom stereocenters. The third-order valence-corrected chi connectivity index (χ3v) is 25.3. The molecule has 2 aliphatic carbocycles. The molecule has 22 heavy (non-hydrogen) atoms. The summed E-state index contributed by atoms with van der Waals surface area (Å²) in [6.45, 7) is 5.19. The van der Waals surface area contributed by atoms with Crippen molar-refractivity contribution in [2.24, 2.45) is 0 Å². The van der Waals surface area contributed by atoms with Crippen molar-refractivity contribution in [1.82, 2.24) is 0 Å². The van der Waals surface area contributed by atoms with Crippen LogP contribution in [0.3, 0.4) is 0 Å². The topological polar surface area (TPSA) is 0 Å². The molecule has 0 nitrogen and oxygen atoms in total. The fourth-order valence-corrected chi connectivity index (χ4v) is 24.6. The summed E-state index contributed by atoms with van der Waals surface area (Å²) in [6.07, 6.45) is 8.35. The van der Waals surface area contributed by atoms with Gasteiger partial charge in [0, 0.05) is 0 Å². The van der Waals surface area contributed by atoms with Crippen LogP contribution in [0.5, 0.6) is 0 Å². The van der Waals surface area contributed by atoms with Crippen LogP contribution in [0.15, 0.2) is 70.0 Å². The number of benzene rings is 2. The molecule has 0 aliphatic heterocycles. The van der Waals surface area contributed by atoms with Crippen molar-refractivity contribution in [3.8, 4) is 11.1 Å². The van der Waals surface area contributed by atoms with E-state index in [9.17, 15) is 0 Å². The summed E-state index contributed by atoms with van der Waals surface area (Å²) in [5.41, 5.74) is 6.27. The van der Waals surface area contributed by atoms with E-state index >= 15 is 0 Å². The van der Waals surface area contributed by atoms with Crippen molar-refractivity contribution >= 4 is 5.92 Å². The molecule has 109 valence electrons. The summed E-state index contributed by atoms with van der Waals surface area (Å²) in [5.74, 6) is -0.621. The van der Waals surface area contributed by atoms with Gasteiger partial charge in [-0.25, -0.2) is 0 Å². The van der Waals surface area contributed by atoms with Crippen molar-refractivity contribution in [1.29, 1.82) is 0 Å². The van der Waals surface area contributed by atoms with Crippen LogP contribution in [-0.4, -0.2) is 5.92 Å². The Kier molecular flexibility index (Phi) is 3.92. The van der Waals surface area contributed by atoms with Crippen molar-refractivity contribution in [3.05, 3.63) is 81.2 Å². The van der Waals surface area contributed by atoms with Gasteiger partial charge in [-0.1, -0.05) is 0 Å². The van der Waals surface area contributed by atoms with Crippen molar-refractivity contribution < 1.29 is 20.9 Å². The van der Waals surface area contributed by atoms with Gasteiger partial charge in [0.05, 0.1) is 0 Å². The molecule has 0 radical (unpaired) electrons. The summed E-state index contributed by atoms with van der Waals surface area (Å²) in [6, 6.07) is 18.3. The molecule has 0 heterocycles. The third kappa shape index (κ3) is 2.28. The SMILES string of the molecule is C[SiH](C)[Zr]([C]1=CC=CC1)[CH]1c2ccccc2-c2ccccc21. The molecule has 4 rings (SSSR count). The van der Waals surface area contributed by atoms with Crippen molar-refractivity contribution in [2.45, 2.75) is 23.1 Å². The maximum absolute atomic E-state index is 2.59. The van der Waals surface area contributed by atoms with Gasteiger partial charge in [-0.3, -0.25) is 0 Å². The van der Waals surface area contributed by atoms with Crippen LogP contribution in [0.1, 0.15) is 21.2 Å². The minimum atomic E-state index is -1.64. The average molecular weight is 381 g/mol. The Morgan fingerprint density at radius 1 is 0.909 bits per heavy atom. The molecule has 0 unspecified atom stereocenters. The first-order chi connectivity index (χ1) is 10.8. The van der Waals surface area contributed by atoms with Gasteiger partial charge < -0.3 is 0 Å². The van der Waals surface area contributed by atoms with Crippen LogP contribution in [0.2, 0.25) is 13.1 Å². The second-order valence-electron chi connectivity index (χ2n) is 6.54. The summed E-state index contributed by atoms with van der Waals surface area (Å²) < 4.78 is 2.60. The molecule has 0 bridgehead atoms. The Balaban J connectivity index is 1.90. The first-order valence-corrected chi connectivity index (χ1v) is 18.0. The monoisotopic (exact) mass is 379 g/mol. The summed E-state index contributed by atoms with van der Waals surface area (Å²) in [4.78, 5) is 0. The number of rotatable bonds is 3. The van der Waals surface area contributed by atoms with Gasteiger partial charge in [-0.05, 0) is 0 Å². The zero-order valence-corrected chi connectivity index (χ0v) is 16.8. The van der Waals surface area contributed by atoms with Gasteiger partial charge in [-0.2, -0.15) is 0 Å². The van der Waals surface area contributed by atoms with Crippen molar-refractivity contribution in [2.75, 3.05) is 0 Å². The minimum absolute atomic E-state index is 0.621. The van der Waals surface area contributed by atoms with Gasteiger partial charge >= 0.3 is 142 Å². The van der Waals surface area contributed by atoms with Gasteiger partial charge in [-0.15, -0.1) is 0 Å². The zero-order valence-electron chi connectivity index (χ0n) is 13.2. The molecular formula is C20H21SiZr. The first kappa shape index (κ1) is 14.6. The van der Waals surface area contributed by atoms with Crippen LogP contribution >= 0.6 is 0 Å². The molecule has 0 amide bonds. The number of allylic oxidation sites excluding steroid dienone is 4. The fourth-order valence-electron chi connectivity index (χ4n) is 4.04. The molecular weight excluding hydrogens is 360 g/mol. The predicted octanol–water partition coefficient (Wildman–Crippen LogP) is 5.20. The van der Waals surface area contributed by atoms with E-state index in [0.29, 0.717) is 0 Å². The summed E-state index contributed by atoms with van der Waals surface area (Å²) in [5, 5.41) is 0. The molecule has 2 aliphatic rings. The van der Waals surface area contributed by atoms with Crippen LogP contribution < -0.4 is 0 Å². The van der Waals surface area contributed by atoms with E-state index in [1.807, 2.05) is 3.28 Å². The Hall–Kier alpha value is -0.980. The van der Waals surface area contributed by atoms with Gasteiger partial charge in [0.2, 0.25) is 0 Å². The van der Waals surface area contributed by atoms with E-state index in [1.54, 1.807) is 11.1 Å². The quantitative estimate of drug-likeness (QED) is 0.642. The molecule has 0 saturated carbocycles. The molecule has 0 aromatic heterocycles. The summed E-state index contributed by atoms with van der Waals surface area (Å²) >= 11 is -1.64. The second kappa shape index (κ2) is 5.91. The van der Waals surface area contributed by atoms with E-state index in [4.69, 9.17) is 0 Å². The first-order valence-electron chi connectivity index (χ1n) is 8.18. The van der Waals surface area contributed by atoms with E-state index < -0.39 is 26.8 Å². The fraction of sp³-hybridized carbons (Fsp3) is 0.200. The average Bonchev–Trinajstić information content (AvgIpc) is 3.16. The Bertz CT molecular complexity index is 727. The van der Waals surface area contributed by atoms with Crippen molar-refractivity contribution in [3.63, 3.8) is 0 Å². The van der Waals surface area contributed by atoms with Gasteiger partial charge in [0.25, 0.3) is 0 Å². The van der Waals surface area contributed by atoms with Crippen LogP contribution in [0, 0.1) is 0 Å². The second-order valence-corrected chi connectivity index (χ2v) is 26.3. The Labute approximate surface area is 141 Å². The van der Waals surface area contributed by atoms with Crippen LogP contribution in [0.25, 0.3) is 11.1 Å². The van der Waals surface area contributed by atoms with Crippen LogP contribution in [-0.2, 0) is 20.9 Å². The molecule has 0 N–H and O–H groups in total. The molecule has 2 aromatic rings. The third-order valence-electron chi connectivity index (χ3n) is 4.91. The number of hydrogen-bond donors (Lipinski definition) is 0. The van der Waals surface area contributed by atoms with Crippen LogP contribution in [0.4, 0.5) is 0 Å². The van der Waals surface area contributed by atoms with E-state index in [2.05, 4.69) is 79.9 Å². The van der Waals surface area contributed by atoms with Gasteiger partial charge in [0.15, 0.2) is 0 Å². The summed E-state index contributed by atoms with van der Waals surface area (Å²) in [7, 11) is 0.